The van der Waals surface area contributed by atoms with Crippen LogP contribution in [-0.4, -0.2) is 49.9 Å². The molecule has 118 valence electrons. The van der Waals surface area contributed by atoms with Crippen LogP contribution < -0.4 is 5.32 Å². The lowest BCUT2D eigenvalue weighted by Gasteiger charge is -2.12. The van der Waals surface area contributed by atoms with Crippen LogP contribution in [0.25, 0.3) is 0 Å². The van der Waals surface area contributed by atoms with Crippen LogP contribution in [0.2, 0.25) is 0 Å². The topological polar surface area (TPSA) is 94.1 Å². The highest BCUT2D eigenvalue weighted by Crippen LogP contribution is 2.10. The van der Waals surface area contributed by atoms with Crippen molar-refractivity contribution in [3.8, 4) is 0 Å². The second-order valence-electron chi connectivity index (χ2n) is 4.58. The first kappa shape index (κ1) is 17.1. The van der Waals surface area contributed by atoms with E-state index in [1.165, 1.54) is 6.21 Å². The van der Waals surface area contributed by atoms with Gasteiger partial charge in [0.2, 0.25) is 5.91 Å². The Hall–Kier alpha value is -1.92. The summed E-state index contributed by atoms with van der Waals surface area (Å²) < 4.78 is 9.66. The molecule has 1 rings (SSSR count). The summed E-state index contributed by atoms with van der Waals surface area (Å²) in [4.78, 5) is 39.4. The van der Waals surface area contributed by atoms with Crippen molar-refractivity contribution in [3.05, 3.63) is 0 Å². The second-order valence-corrected chi connectivity index (χ2v) is 4.58. The van der Waals surface area contributed by atoms with E-state index in [9.17, 15) is 14.4 Å². The molecule has 1 atom stereocenters. The number of amides is 1. The average Bonchev–Trinajstić information content (AvgIpc) is 2.65. The molecule has 0 saturated carbocycles. The van der Waals surface area contributed by atoms with E-state index in [4.69, 9.17) is 9.47 Å². The van der Waals surface area contributed by atoms with Crippen molar-refractivity contribution in [2.45, 2.75) is 39.2 Å². The Labute approximate surface area is 124 Å². The highest BCUT2D eigenvalue weighted by molar-refractivity contribution is 6.09. The molecule has 21 heavy (non-hydrogen) atoms. The number of esters is 2. The molecule has 1 aliphatic rings. The summed E-state index contributed by atoms with van der Waals surface area (Å²) in [5.74, 6) is -2.83. The maximum Gasteiger partial charge on any atom is 0.325 e. The van der Waals surface area contributed by atoms with Crippen molar-refractivity contribution in [2.24, 2.45) is 10.9 Å². The Morgan fingerprint density at radius 3 is 2.48 bits per heavy atom. The van der Waals surface area contributed by atoms with Crippen LogP contribution in [0, 0.1) is 5.92 Å². The van der Waals surface area contributed by atoms with Gasteiger partial charge in [-0.3, -0.25) is 19.4 Å². The molecule has 1 heterocycles. The largest absolute Gasteiger partial charge is 0.465 e. The molecule has 0 unspecified atom stereocenters. The lowest BCUT2D eigenvalue weighted by atomic mass is 10.1. The number of ether oxygens (including phenoxy) is 2. The highest BCUT2D eigenvalue weighted by Gasteiger charge is 2.29. The molecule has 7 heteroatoms. The quantitative estimate of drug-likeness (QED) is 0.437. The summed E-state index contributed by atoms with van der Waals surface area (Å²) in [6.07, 6.45) is 3.54. The fraction of sp³-hybridized carbons (Fsp3) is 0.714. The van der Waals surface area contributed by atoms with Crippen molar-refractivity contribution in [3.63, 3.8) is 0 Å². The molecule has 0 aliphatic carbocycles. The smallest absolute Gasteiger partial charge is 0.325 e. The standard InChI is InChI=1S/C14H22N2O5/c1-3-20-13(18)10(14(19)21-4-2)9-16-11-7-5-6-8-15-12(11)17/h9-11H,3-8H2,1-2H3,(H,15,17)/t11-/m0/s1. The van der Waals surface area contributed by atoms with Gasteiger partial charge in [0, 0.05) is 12.8 Å². The zero-order valence-electron chi connectivity index (χ0n) is 12.5. The maximum absolute atomic E-state index is 11.8. The van der Waals surface area contributed by atoms with Crippen molar-refractivity contribution in [1.82, 2.24) is 5.32 Å². The van der Waals surface area contributed by atoms with E-state index in [0.717, 1.165) is 12.8 Å². The van der Waals surface area contributed by atoms with E-state index in [0.29, 0.717) is 13.0 Å². The predicted molar refractivity (Wildman–Crippen MR) is 75.9 cm³/mol. The Morgan fingerprint density at radius 2 is 1.90 bits per heavy atom. The molecule has 0 aromatic carbocycles. The molecule has 7 nitrogen and oxygen atoms in total. The Balaban J connectivity index is 2.78. The van der Waals surface area contributed by atoms with Gasteiger partial charge in [-0.1, -0.05) is 0 Å². The predicted octanol–water partition coefficient (Wildman–Crippen LogP) is 0.468. The van der Waals surface area contributed by atoms with Crippen LogP contribution in [0.1, 0.15) is 33.1 Å². The Kier molecular flexibility index (Phi) is 7.42. The van der Waals surface area contributed by atoms with Gasteiger partial charge in [0.1, 0.15) is 6.04 Å². The lowest BCUT2D eigenvalue weighted by Crippen LogP contribution is -2.33. The Morgan fingerprint density at radius 1 is 1.29 bits per heavy atom. The van der Waals surface area contributed by atoms with Crippen LogP contribution in [0.5, 0.6) is 0 Å². The summed E-state index contributed by atoms with van der Waals surface area (Å²) in [5, 5.41) is 2.74. The van der Waals surface area contributed by atoms with E-state index in [2.05, 4.69) is 10.3 Å². The van der Waals surface area contributed by atoms with Gasteiger partial charge in [0.05, 0.1) is 13.2 Å². The van der Waals surface area contributed by atoms with Gasteiger partial charge in [0.15, 0.2) is 5.92 Å². The average molecular weight is 298 g/mol. The zero-order chi connectivity index (χ0) is 15.7. The number of nitrogens with one attached hydrogen (secondary N) is 1. The minimum atomic E-state index is -1.22. The first-order valence-electron chi connectivity index (χ1n) is 7.24. The number of hydrogen-bond acceptors (Lipinski definition) is 6. The number of rotatable bonds is 6. The number of hydrogen-bond donors (Lipinski definition) is 1. The van der Waals surface area contributed by atoms with Gasteiger partial charge in [-0.15, -0.1) is 0 Å². The molecule has 0 radical (unpaired) electrons. The summed E-state index contributed by atoms with van der Waals surface area (Å²) in [5.41, 5.74) is 0. The molecular formula is C14H22N2O5. The van der Waals surface area contributed by atoms with Crippen LogP contribution in [0.15, 0.2) is 4.99 Å². The van der Waals surface area contributed by atoms with Crippen LogP contribution in [-0.2, 0) is 23.9 Å². The summed E-state index contributed by atoms with van der Waals surface area (Å²) in [6, 6.07) is -0.571. The van der Waals surface area contributed by atoms with Gasteiger partial charge >= 0.3 is 11.9 Å². The van der Waals surface area contributed by atoms with E-state index < -0.39 is 23.9 Å². The molecule has 0 aromatic heterocycles. The molecule has 1 fully saturated rings. The number of aliphatic imine (C=N–C) groups is 1. The third-order valence-corrected chi connectivity index (χ3v) is 3.00. The third-order valence-electron chi connectivity index (χ3n) is 3.00. The van der Waals surface area contributed by atoms with Crippen LogP contribution >= 0.6 is 0 Å². The van der Waals surface area contributed by atoms with Gasteiger partial charge in [-0.05, 0) is 33.1 Å². The monoisotopic (exact) mass is 298 g/mol. The molecule has 0 bridgehead atoms. The highest BCUT2D eigenvalue weighted by atomic mass is 16.6. The molecule has 1 N–H and O–H groups in total. The van der Waals surface area contributed by atoms with Crippen molar-refractivity contribution >= 4 is 24.1 Å². The van der Waals surface area contributed by atoms with Gasteiger partial charge in [-0.25, -0.2) is 0 Å². The molecule has 1 aliphatic heterocycles. The zero-order valence-corrected chi connectivity index (χ0v) is 12.5. The normalized spacial score (nSPS) is 19.2. The van der Waals surface area contributed by atoms with Gasteiger partial charge < -0.3 is 14.8 Å². The first-order valence-corrected chi connectivity index (χ1v) is 7.24. The number of carbonyl (C=O) groups excluding carboxylic acids is 3. The van der Waals surface area contributed by atoms with Crippen molar-refractivity contribution in [2.75, 3.05) is 19.8 Å². The van der Waals surface area contributed by atoms with E-state index >= 15 is 0 Å². The molecule has 1 saturated heterocycles. The summed E-state index contributed by atoms with van der Waals surface area (Å²) in [7, 11) is 0. The number of carbonyl (C=O) groups is 3. The second kappa shape index (κ2) is 9.10. The van der Waals surface area contributed by atoms with Crippen molar-refractivity contribution < 1.29 is 23.9 Å². The summed E-state index contributed by atoms with van der Waals surface area (Å²) >= 11 is 0. The summed E-state index contributed by atoms with van der Waals surface area (Å²) in [6.45, 7) is 4.25. The minimum absolute atomic E-state index is 0.159. The lowest BCUT2D eigenvalue weighted by molar-refractivity contribution is -0.157. The third kappa shape index (κ3) is 5.53. The van der Waals surface area contributed by atoms with E-state index in [1.54, 1.807) is 13.8 Å². The fourth-order valence-electron chi connectivity index (χ4n) is 1.94. The SMILES string of the molecule is CCOC(=O)C(C=N[C@H]1CCCCNC1=O)C(=O)OCC. The first-order chi connectivity index (χ1) is 10.1. The van der Waals surface area contributed by atoms with Crippen molar-refractivity contribution in [1.29, 1.82) is 0 Å². The molecular weight excluding hydrogens is 276 g/mol. The van der Waals surface area contributed by atoms with Gasteiger partial charge in [-0.2, -0.15) is 0 Å². The molecule has 0 spiro atoms. The van der Waals surface area contributed by atoms with Crippen LogP contribution in [0.3, 0.4) is 0 Å². The van der Waals surface area contributed by atoms with E-state index in [-0.39, 0.29) is 19.1 Å². The van der Waals surface area contributed by atoms with Crippen LogP contribution in [0.4, 0.5) is 0 Å². The molecule has 1 amide bonds. The number of nitrogens with zero attached hydrogens (tertiary/aromatic N) is 1. The maximum atomic E-state index is 11.8. The van der Waals surface area contributed by atoms with Gasteiger partial charge in [0.25, 0.3) is 0 Å². The molecule has 0 aromatic rings. The Bertz CT molecular complexity index is 390. The fourth-order valence-corrected chi connectivity index (χ4v) is 1.94. The van der Waals surface area contributed by atoms with E-state index in [1.807, 2.05) is 0 Å². The minimum Gasteiger partial charge on any atom is -0.465 e.